The number of aliphatic carboxylic acids is 1. The fourth-order valence-corrected chi connectivity index (χ4v) is 1.99. The maximum absolute atomic E-state index is 12.0. The first-order valence-corrected chi connectivity index (χ1v) is 6.15. The minimum atomic E-state index is -1.40. The van der Waals surface area contributed by atoms with Crippen molar-refractivity contribution in [1.29, 1.82) is 0 Å². The molecule has 0 spiro atoms. The average molecular weight is 305 g/mol. The molecular weight excluding hydrogens is 295 g/mol. The number of carbonyl (C=O) groups is 2. The summed E-state index contributed by atoms with van der Waals surface area (Å²) in [4.78, 5) is 27.0. The number of amides is 1. The Hall–Kier alpha value is -1.37. The Bertz CT molecular complexity index is 529. The summed E-state index contributed by atoms with van der Waals surface area (Å²) >= 11 is 11.4. The number of carboxylic acid groups (broad SMARTS) is 1. The summed E-state index contributed by atoms with van der Waals surface area (Å²) in [5.41, 5.74) is -1.26. The molecule has 0 bridgehead atoms. The predicted molar refractivity (Wildman–Crippen MR) is 67.5 cm³/mol. The van der Waals surface area contributed by atoms with Crippen LogP contribution in [0.1, 0.15) is 16.8 Å². The van der Waals surface area contributed by atoms with E-state index < -0.39 is 17.4 Å². The molecule has 0 aromatic carbocycles. The van der Waals surface area contributed by atoms with Gasteiger partial charge in [0.25, 0.3) is 5.91 Å². The number of hydrogen-bond acceptors (Lipinski definition) is 4. The van der Waals surface area contributed by atoms with Crippen LogP contribution in [0.2, 0.25) is 10.2 Å². The molecule has 0 saturated carbocycles. The minimum Gasteiger partial charge on any atom is -0.479 e. The van der Waals surface area contributed by atoms with Crippen LogP contribution in [0.15, 0.2) is 12.3 Å². The Labute approximate surface area is 118 Å². The highest BCUT2D eigenvalue weighted by atomic mass is 35.5. The topological polar surface area (TPSA) is 88.5 Å². The Morgan fingerprint density at radius 3 is 2.74 bits per heavy atom. The number of aromatic nitrogens is 1. The smallest absolute Gasteiger partial charge is 0.331 e. The molecule has 2 rings (SSSR count). The maximum atomic E-state index is 12.0. The highest BCUT2D eigenvalue weighted by molar-refractivity contribution is 6.41. The standard InChI is InChI=1S/C11H10Cl2N2O4/c12-7-3-6(4-14-8(7)13)9(16)15-11(10(17)18)1-2-19-5-11/h3-4H,1-2,5H2,(H,15,16)(H,17,18). The van der Waals surface area contributed by atoms with Crippen molar-refractivity contribution in [2.45, 2.75) is 12.0 Å². The minimum absolute atomic E-state index is 0.0666. The van der Waals surface area contributed by atoms with Crippen LogP contribution in [0.25, 0.3) is 0 Å². The number of rotatable bonds is 3. The van der Waals surface area contributed by atoms with Crippen molar-refractivity contribution in [2.75, 3.05) is 13.2 Å². The van der Waals surface area contributed by atoms with Gasteiger partial charge in [-0.25, -0.2) is 9.78 Å². The Morgan fingerprint density at radius 1 is 1.47 bits per heavy atom. The number of carboxylic acids is 1. The number of halogens is 2. The Balaban J connectivity index is 2.20. The summed E-state index contributed by atoms with van der Waals surface area (Å²) in [5, 5.41) is 11.9. The molecule has 1 amide bonds. The zero-order valence-electron chi connectivity index (χ0n) is 9.65. The average Bonchev–Trinajstić information content (AvgIpc) is 2.82. The predicted octanol–water partition coefficient (Wildman–Crippen LogP) is 1.36. The largest absolute Gasteiger partial charge is 0.479 e. The summed E-state index contributed by atoms with van der Waals surface area (Å²) in [6.07, 6.45) is 1.44. The van der Waals surface area contributed by atoms with Gasteiger partial charge in [0.2, 0.25) is 0 Å². The van der Waals surface area contributed by atoms with E-state index in [1.165, 1.54) is 12.3 Å². The quantitative estimate of drug-likeness (QED) is 0.823. The summed E-state index contributed by atoms with van der Waals surface area (Å²) in [6.45, 7) is 0.217. The Morgan fingerprint density at radius 2 is 2.21 bits per heavy atom. The van der Waals surface area contributed by atoms with E-state index in [-0.39, 0.29) is 35.4 Å². The van der Waals surface area contributed by atoms with Gasteiger partial charge in [-0.15, -0.1) is 0 Å². The number of nitrogens with one attached hydrogen (secondary N) is 1. The van der Waals surface area contributed by atoms with E-state index >= 15 is 0 Å². The van der Waals surface area contributed by atoms with E-state index in [0.29, 0.717) is 0 Å². The highest BCUT2D eigenvalue weighted by Gasteiger charge is 2.44. The van der Waals surface area contributed by atoms with Crippen molar-refractivity contribution < 1.29 is 19.4 Å². The van der Waals surface area contributed by atoms with E-state index in [1.807, 2.05) is 0 Å². The first kappa shape index (κ1) is 14.0. The molecule has 2 N–H and O–H groups in total. The van der Waals surface area contributed by atoms with E-state index in [1.54, 1.807) is 0 Å². The molecule has 0 aliphatic carbocycles. The second-order valence-electron chi connectivity index (χ2n) is 4.14. The van der Waals surface area contributed by atoms with Crippen molar-refractivity contribution in [3.8, 4) is 0 Å². The molecule has 6 nitrogen and oxygen atoms in total. The van der Waals surface area contributed by atoms with Gasteiger partial charge in [-0.3, -0.25) is 4.79 Å². The molecule has 0 radical (unpaired) electrons. The highest BCUT2D eigenvalue weighted by Crippen LogP contribution is 2.22. The number of pyridine rings is 1. The second kappa shape index (κ2) is 5.32. The van der Waals surface area contributed by atoms with Crippen LogP contribution in [-0.2, 0) is 9.53 Å². The molecule has 1 aliphatic rings. The fraction of sp³-hybridized carbons (Fsp3) is 0.364. The fourth-order valence-electron chi connectivity index (χ4n) is 1.72. The van der Waals surface area contributed by atoms with Gasteiger partial charge in [0.05, 0.1) is 17.2 Å². The van der Waals surface area contributed by atoms with Crippen molar-refractivity contribution in [3.05, 3.63) is 28.0 Å². The zero-order chi connectivity index (χ0) is 14.0. The van der Waals surface area contributed by atoms with Gasteiger partial charge in [-0.1, -0.05) is 23.2 Å². The van der Waals surface area contributed by atoms with Crippen molar-refractivity contribution in [3.63, 3.8) is 0 Å². The summed E-state index contributed by atoms with van der Waals surface area (Å²) in [6, 6.07) is 1.33. The second-order valence-corrected chi connectivity index (χ2v) is 4.91. The molecule has 1 aromatic heterocycles. The number of carbonyl (C=O) groups excluding carboxylic acids is 1. The SMILES string of the molecule is O=C(NC1(C(=O)O)CCOC1)c1cnc(Cl)c(Cl)c1. The number of ether oxygens (including phenoxy) is 1. The van der Waals surface area contributed by atoms with E-state index in [9.17, 15) is 14.7 Å². The third-order valence-corrected chi connectivity index (χ3v) is 3.53. The van der Waals surface area contributed by atoms with Gasteiger partial charge in [0.1, 0.15) is 5.15 Å². The molecule has 1 fully saturated rings. The molecule has 2 heterocycles. The lowest BCUT2D eigenvalue weighted by Crippen LogP contribution is -2.55. The van der Waals surface area contributed by atoms with Gasteiger partial charge in [-0.2, -0.15) is 0 Å². The van der Waals surface area contributed by atoms with Crippen LogP contribution in [0.3, 0.4) is 0 Å². The lowest BCUT2D eigenvalue weighted by molar-refractivity contribution is -0.144. The molecule has 19 heavy (non-hydrogen) atoms. The molecule has 1 atom stereocenters. The molecule has 102 valence electrons. The van der Waals surface area contributed by atoms with E-state index in [0.717, 1.165) is 0 Å². The third-order valence-electron chi connectivity index (χ3n) is 2.84. The molecule has 1 aliphatic heterocycles. The molecule has 1 aromatic rings. The van der Waals surface area contributed by atoms with Gasteiger partial charge < -0.3 is 15.2 Å². The van der Waals surface area contributed by atoms with Crippen LogP contribution in [0, 0.1) is 0 Å². The lowest BCUT2D eigenvalue weighted by atomic mass is 9.98. The first-order valence-electron chi connectivity index (χ1n) is 5.39. The Kier molecular flexibility index (Phi) is 3.93. The number of hydrogen-bond donors (Lipinski definition) is 2. The van der Waals surface area contributed by atoms with Gasteiger partial charge in [0, 0.05) is 19.2 Å². The van der Waals surface area contributed by atoms with Crippen molar-refractivity contribution in [2.24, 2.45) is 0 Å². The van der Waals surface area contributed by atoms with Crippen LogP contribution >= 0.6 is 23.2 Å². The molecule has 1 unspecified atom stereocenters. The van der Waals surface area contributed by atoms with Crippen LogP contribution in [0.5, 0.6) is 0 Å². The summed E-state index contributed by atoms with van der Waals surface area (Å²) < 4.78 is 5.04. The molecule has 1 saturated heterocycles. The van der Waals surface area contributed by atoms with Crippen LogP contribution in [0.4, 0.5) is 0 Å². The van der Waals surface area contributed by atoms with Crippen LogP contribution < -0.4 is 5.32 Å². The van der Waals surface area contributed by atoms with Gasteiger partial charge >= 0.3 is 5.97 Å². The van der Waals surface area contributed by atoms with Crippen molar-refractivity contribution >= 4 is 35.1 Å². The maximum Gasteiger partial charge on any atom is 0.331 e. The molecule has 8 heteroatoms. The third kappa shape index (κ3) is 2.80. The van der Waals surface area contributed by atoms with Gasteiger partial charge in [0.15, 0.2) is 5.54 Å². The lowest BCUT2D eigenvalue weighted by Gasteiger charge is -2.23. The van der Waals surface area contributed by atoms with E-state index in [4.69, 9.17) is 27.9 Å². The van der Waals surface area contributed by atoms with Gasteiger partial charge in [-0.05, 0) is 6.07 Å². The molecular formula is C11H10Cl2N2O4. The van der Waals surface area contributed by atoms with Crippen molar-refractivity contribution in [1.82, 2.24) is 10.3 Å². The summed E-state index contributed by atoms with van der Waals surface area (Å²) in [5.74, 6) is -1.72. The van der Waals surface area contributed by atoms with Crippen LogP contribution in [-0.4, -0.2) is 40.7 Å². The van der Waals surface area contributed by atoms with E-state index in [2.05, 4.69) is 10.3 Å². The first-order chi connectivity index (χ1) is 8.94. The summed E-state index contributed by atoms with van der Waals surface area (Å²) in [7, 11) is 0. The zero-order valence-corrected chi connectivity index (χ0v) is 11.2. The normalized spacial score (nSPS) is 22.2. The number of nitrogens with zero attached hydrogens (tertiary/aromatic N) is 1. The monoisotopic (exact) mass is 304 g/mol.